The average molecular weight is 424 g/mol. The molecule has 0 spiro atoms. The lowest BCUT2D eigenvalue weighted by Crippen LogP contribution is -2.13. The van der Waals surface area contributed by atoms with Crippen molar-refractivity contribution in [1.29, 1.82) is 0 Å². The highest BCUT2D eigenvalue weighted by Crippen LogP contribution is 2.25. The maximum absolute atomic E-state index is 12.2. The molecule has 0 fully saturated rings. The molecule has 4 rings (SSSR count). The van der Waals surface area contributed by atoms with E-state index in [1.165, 1.54) is 11.3 Å². The molecule has 0 aliphatic carbocycles. The summed E-state index contributed by atoms with van der Waals surface area (Å²) in [6.45, 7) is 0. The van der Waals surface area contributed by atoms with Gasteiger partial charge in [0.15, 0.2) is 5.78 Å². The standard InChI is InChI=1S/C22H18ClN3O2S/c1-26-17-5-3-2-4-16(17)25-22(26)14-6-8-15(9-7-14)24-21(28)13-10-18(27)19-11-12-20(23)29-19/h2-9,11-12H,10,13H2,1H3,(H,24,28). The largest absolute Gasteiger partial charge is 0.327 e. The summed E-state index contributed by atoms with van der Waals surface area (Å²) in [6, 6.07) is 18.9. The van der Waals surface area contributed by atoms with E-state index in [0.29, 0.717) is 14.9 Å². The second-order valence-electron chi connectivity index (χ2n) is 6.64. The van der Waals surface area contributed by atoms with Crippen LogP contribution >= 0.6 is 22.9 Å². The van der Waals surface area contributed by atoms with Crippen molar-refractivity contribution in [2.45, 2.75) is 12.8 Å². The molecule has 2 aromatic carbocycles. The lowest BCUT2D eigenvalue weighted by Gasteiger charge is -2.07. The van der Waals surface area contributed by atoms with Crippen LogP contribution in [0.3, 0.4) is 0 Å². The quantitative estimate of drug-likeness (QED) is 0.413. The van der Waals surface area contributed by atoms with Crippen molar-refractivity contribution in [1.82, 2.24) is 9.55 Å². The first-order valence-electron chi connectivity index (χ1n) is 9.11. The van der Waals surface area contributed by atoms with Gasteiger partial charge < -0.3 is 9.88 Å². The predicted molar refractivity (Wildman–Crippen MR) is 118 cm³/mol. The van der Waals surface area contributed by atoms with E-state index in [1.54, 1.807) is 12.1 Å². The molecular weight excluding hydrogens is 406 g/mol. The zero-order chi connectivity index (χ0) is 20.4. The minimum atomic E-state index is -0.198. The molecule has 2 heterocycles. The zero-order valence-electron chi connectivity index (χ0n) is 15.7. The van der Waals surface area contributed by atoms with E-state index in [2.05, 4.69) is 10.3 Å². The number of benzene rings is 2. The second-order valence-corrected chi connectivity index (χ2v) is 8.35. The molecule has 0 atom stereocenters. The third kappa shape index (κ3) is 4.23. The summed E-state index contributed by atoms with van der Waals surface area (Å²) in [4.78, 5) is 29.5. The van der Waals surface area contributed by atoms with Gasteiger partial charge in [0.25, 0.3) is 0 Å². The summed E-state index contributed by atoms with van der Waals surface area (Å²) < 4.78 is 2.62. The normalized spacial score (nSPS) is 11.0. The van der Waals surface area contributed by atoms with Crippen LogP contribution in [0.2, 0.25) is 4.34 Å². The predicted octanol–water partition coefficient (Wildman–Crippen LogP) is 5.56. The van der Waals surface area contributed by atoms with Crippen molar-refractivity contribution in [3.8, 4) is 11.4 Å². The highest BCUT2D eigenvalue weighted by molar-refractivity contribution is 7.18. The van der Waals surface area contributed by atoms with E-state index in [0.717, 1.165) is 22.4 Å². The van der Waals surface area contributed by atoms with Gasteiger partial charge in [-0.05, 0) is 48.5 Å². The number of nitrogens with one attached hydrogen (secondary N) is 1. The number of ketones is 1. The number of imidazole rings is 1. The molecule has 5 nitrogen and oxygen atoms in total. The van der Waals surface area contributed by atoms with E-state index < -0.39 is 0 Å². The van der Waals surface area contributed by atoms with Crippen LogP contribution in [0.15, 0.2) is 60.7 Å². The Hall–Kier alpha value is -2.96. The van der Waals surface area contributed by atoms with E-state index in [-0.39, 0.29) is 24.5 Å². The number of nitrogens with zero attached hydrogens (tertiary/aromatic N) is 2. The van der Waals surface area contributed by atoms with Crippen LogP contribution < -0.4 is 5.32 Å². The van der Waals surface area contributed by atoms with E-state index in [1.807, 2.05) is 60.1 Å². The monoisotopic (exact) mass is 423 g/mol. The van der Waals surface area contributed by atoms with Gasteiger partial charge in [0.05, 0.1) is 20.2 Å². The molecular formula is C22H18ClN3O2S. The van der Waals surface area contributed by atoms with Crippen molar-refractivity contribution in [2.24, 2.45) is 7.05 Å². The number of aryl methyl sites for hydroxylation is 1. The molecule has 146 valence electrons. The molecule has 7 heteroatoms. The molecule has 0 bridgehead atoms. The van der Waals surface area contributed by atoms with Crippen LogP contribution in [-0.4, -0.2) is 21.2 Å². The van der Waals surface area contributed by atoms with Gasteiger partial charge in [-0.1, -0.05) is 23.7 Å². The van der Waals surface area contributed by atoms with Crippen LogP contribution in [-0.2, 0) is 11.8 Å². The molecule has 0 unspecified atom stereocenters. The summed E-state index contributed by atoms with van der Waals surface area (Å²) in [6.07, 6.45) is 0.279. The number of carbonyl (C=O) groups excluding carboxylic acids is 2. The Morgan fingerprint density at radius 3 is 2.48 bits per heavy atom. The number of thiophene rings is 1. The highest BCUT2D eigenvalue weighted by atomic mass is 35.5. The molecule has 4 aromatic rings. The first-order valence-corrected chi connectivity index (χ1v) is 10.3. The number of para-hydroxylation sites is 2. The third-order valence-corrected chi connectivity index (χ3v) is 5.91. The average Bonchev–Trinajstić information content (AvgIpc) is 3.31. The van der Waals surface area contributed by atoms with Crippen molar-refractivity contribution in [3.05, 3.63) is 69.9 Å². The third-order valence-electron chi connectivity index (χ3n) is 4.64. The van der Waals surface area contributed by atoms with Crippen LogP contribution in [0.1, 0.15) is 22.5 Å². The first kappa shape index (κ1) is 19.4. The molecule has 1 amide bonds. The Morgan fingerprint density at radius 2 is 1.79 bits per heavy atom. The number of hydrogen-bond donors (Lipinski definition) is 1. The fourth-order valence-corrected chi connectivity index (χ4v) is 4.15. The lowest BCUT2D eigenvalue weighted by molar-refractivity contribution is -0.116. The number of Topliss-reactive ketones (excluding diaryl/α,β-unsaturated/α-hetero) is 1. The number of hydrogen-bond acceptors (Lipinski definition) is 4. The Bertz CT molecular complexity index is 1190. The number of carbonyl (C=O) groups is 2. The summed E-state index contributed by atoms with van der Waals surface area (Å²) in [7, 11) is 1.98. The van der Waals surface area contributed by atoms with Crippen molar-refractivity contribution in [2.75, 3.05) is 5.32 Å². The fourth-order valence-electron chi connectivity index (χ4n) is 3.14. The van der Waals surface area contributed by atoms with Crippen LogP contribution in [0.25, 0.3) is 22.4 Å². The van der Waals surface area contributed by atoms with Crippen LogP contribution in [0, 0.1) is 0 Å². The topological polar surface area (TPSA) is 64.0 Å². The van der Waals surface area contributed by atoms with Gasteiger partial charge in [0, 0.05) is 31.1 Å². The number of amides is 1. The summed E-state index contributed by atoms with van der Waals surface area (Å²) in [5.41, 5.74) is 3.66. The second kappa shape index (κ2) is 8.19. The maximum atomic E-state index is 12.2. The van der Waals surface area contributed by atoms with Crippen molar-refractivity contribution < 1.29 is 9.59 Å². The van der Waals surface area contributed by atoms with Gasteiger partial charge >= 0.3 is 0 Å². The van der Waals surface area contributed by atoms with Gasteiger partial charge in [0.1, 0.15) is 5.82 Å². The molecule has 29 heavy (non-hydrogen) atoms. The van der Waals surface area contributed by atoms with Crippen LogP contribution in [0.4, 0.5) is 5.69 Å². The number of anilines is 1. The van der Waals surface area contributed by atoms with Gasteiger partial charge in [0.2, 0.25) is 5.91 Å². The van der Waals surface area contributed by atoms with Gasteiger partial charge in [-0.15, -0.1) is 11.3 Å². The van der Waals surface area contributed by atoms with E-state index in [4.69, 9.17) is 11.6 Å². The number of rotatable bonds is 6. The van der Waals surface area contributed by atoms with Gasteiger partial charge in [-0.25, -0.2) is 4.98 Å². The Kier molecular flexibility index (Phi) is 5.47. The fraction of sp³-hybridized carbons (Fsp3) is 0.136. The van der Waals surface area contributed by atoms with Crippen molar-refractivity contribution in [3.63, 3.8) is 0 Å². The highest BCUT2D eigenvalue weighted by Gasteiger charge is 2.13. The van der Waals surface area contributed by atoms with Gasteiger partial charge in [-0.2, -0.15) is 0 Å². The molecule has 0 aliphatic heterocycles. The lowest BCUT2D eigenvalue weighted by atomic mass is 10.1. The Labute approximate surface area is 177 Å². The molecule has 0 saturated heterocycles. The molecule has 1 N–H and O–H groups in total. The van der Waals surface area contributed by atoms with Crippen LogP contribution in [0.5, 0.6) is 0 Å². The number of halogens is 1. The SMILES string of the molecule is Cn1c(-c2ccc(NC(=O)CCC(=O)c3ccc(Cl)s3)cc2)nc2ccccc21. The Morgan fingerprint density at radius 1 is 1.03 bits per heavy atom. The summed E-state index contributed by atoms with van der Waals surface area (Å²) >= 11 is 7.08. The molecule has 0 saturated carbocycles. The molecule has 2 aromatic heterocycles. The molecule has 0 aliphatic rings. The number of aromatic nitrogens is 2. The smallest absolute Gasteiger partial charge is 0.224 e. The molecule has 0 radical (unpaired) electrons. The van der Waals surface area contributed by atoms with E-state index >= 15 is 0 Å². The van der Waals surface area contributed by atoms with Gasteiger partial charge in [-0.3, -0.25) is 9.59 Å². The summed E-state index contributed by atoms with van der Waals surface area (Å²) in [5.74, 6) is 0.593. The minimum absolute atomic E-state index is 0.0748. The van der Waals surface area contributed by atoms with E-state index in [9.17, 15) is 9.59 Å². The first-order chi connectivity index (χ1) is 14.0. The minimum Gasteiger partial charge on any atom is -0.327 e. The number of fused-ring (bicyclic) bond motifs is 1. The van der Waals surface area contributed by atoms with Crippen molar-refractivity contribution >= 4 is 51.3 Å². The Balaban J connectivity index is 1.39. The summed E-state index contributed by atoms with van der Waals surface area (Å²) in [5, 5.41) is 2.83. The maximum Gasteiger partial charge on any atom is 0.224 e. The zero-order valence-corrected chi connectivity index (χ0v) is 17.3.